The fourth-order valence-corrected chi connectivity index (χ4v) is 2.21. The van der Waals surface area contributed by atoms with E-state index in [-0.39, 0.29) is 5.75 Å². The number of phenolic OH excluding ortho intramolecular Hbond substituents is 1. The number of anilines is 1. The largest absolute Gasteiger partial charge is 0.508 e. The third kappa shape index (κ3) is 3.13. The Kier molecular flexibility index (Phi) is 2.80. The monoisotopic (exact) mass is 241 g/mol. The minimum absolute atomic E-state index is 0.242. The van der Waals surface area contributed by atoms with Crippen LogP contribution in [0.1, 0.15) is 18.4 Å². The highest BCUT2D eigenvalue weighted by Crippen LogP contribution is 2.35. The van der Waals surface area contributed by atoms with Gasteiger partial charge in [0.25, 0.3) is 0 Å². The van der Waals surface area contributed by atoms with E-state index in [1.54, 1.807) is 12.1 Å². The van der Waals surface area contributed by atoms with Crippen LogP contribution in [0.25, 0.3) is 0 Å². The summed E-state index contributed by atoms with van der Waals surface area (Å²) in [5.41, 5.74) is 1.33. The van der Waals surface area contributed by atoms with Gasteiger partial charge in [0.05, 0.1) is 6.26 Å². The Labute approximate surface area is 95.4 Å². The summed E-state index contributed by atoms with van der Waals surface area (Å²) < 4.78 is 24.5. The number of phenols is 1. The highest BCUT2D eigenvalue weighted by atomic mass is 32.2. The molecule has 5 heteroatoms. The van der Waals surface area contributed by atoms with E-state index >= 15 is 0 Å². The van der Waals surface area contributed by atoms with Crippen LogP contribution in [0.2, 0.25) is 0 Å². The number of sulfonamides is 1. The SMILES string of the molecule is CS(=O)(=O)Nc1ccc(O)c(CC2CC2)c1. The smallest absolute Gasteiger partial charge is 0.229 e. The zero-order valence-corrected chi connectivity index (χ0v) is 9.92. The Morgan fingerprint density at radius 1 is 1.44 bits per heavy atom. The summed E-state index contributed by atoms with van der Waals surface area (Å²) in [6.07, 6.45) is 4.33. The van der Waals surface area contributed by atoms with Crippen molar-refractivity contribution in [3.63, 3.8) is 0 Å². The molecule has 4 nitrogen and oxygen atoms in total. The lowest BCUT2D eigenvalue weighted by Gasteiger charge is -2.08. The summed E-state index contributed by atoms with van der Waals surface area (Å²) in [6, 6.07) is 4.80. The van der Waals surface area contributed by atoms with Gasteiger partial charge in [-0.2, -0.15) is 0 Å². The lowest BCUT2D eigenvalue weighted by Crippen LogP contribution is -2.09. The van der Waals surface area contributed by atoms with Gasteiger partial charge in [0.2, 0.25) is 10.0 Å². The standard InChI is InChI=1S/C11H15NO3S/c1-16(14,15)12-10-4-5-11(13)9(7-10)6-8-2-3-8/h4-5,7-8,12-13H,2-3,6H2,1H3. The molecule has 2 N–H and O–H groups in total. The van der Waals surface area contributed by atoms with E-state index in [9.17, 15) is 13.5 Å². The van der Waals surface area contributed by atoms with E-state index in [0.717, 1.165) is 18.2 Å². The molecule has 88 valence electrons. The molecule has 0 bridgehead atoms. The predicted molar refractivity (Wildman–Crippen MR) is 63.0 cm³/mol. The molecule has 1 aromatic carbocycles. The lowest BCUT2D eigenvalue weighted by molar-refractivity contribution is 0.466. The van der Waals surface area contributed by atoms with Crippen molar-refractivity contribution in [1.29, 1.82) is 0 Å². The maximum absolute atomic E-state index is 11.1. The number of benzene rings is 1. The summed E-state index contributed by atoms with van der Waals surface area (Å²) in [5, 5.41) is 9.63. The van der Waals surface area contributed by atoms with Crippen LogP contribution in [0, 0.1) is 5.92 Å². The Morgan fingerprint density at radius 2 is 2.12 bits per heavy atom. The minimum atomic E-state index is -3.25. The molecule has 0 radical (unpaired) electrons. The maximum atomic E-state index is 11.1. The second-order valence-electron chi connectivity index (χ2n) is 4.37. The molecule has 1 aliphatic rings. The van der Waals surface area contributed by atoms with E-state index in [1.807, 2.05) is 0 Å². The van der Waals surface area contributed by atoms with Crippen molar-refractivity contribution in [1.82, 2.24) is 0 Å². The molecule has 2 rings (SSSR count). The first-order valence-electron chi connectivity index (χ1n) is 5.24. The summed E-state index contributed by atoms with van der Waals surface area (Å²) in [4.78, 5) is 0. The molecular weight excluding hydrogens is 226 g/mol. The van der Waals surface area contributed by atoms with Crippen LogP contribution in [0.15, 0.2) is 18.2 Å². The number of nitrogens with one attached hydrogen (secondary N) is 1. The van der Waals surface area contributed by atoms with Gasteiger partial charge in [-0.05, 0) is 48.9 Å². The molecule has 0 spiro atoms. The number of hydrogen-bond donors (Lipinski definition) is 2. The highest BCUT2D eigenvalue weighted by Gasteiger charge is 2.23. The zero-order valence-electron chi connectivity index (χ0n) is 9.10. The van der Waals surface area contributed by atoms with Crippen molar-refractivity contribution >= 4 is 15.7 Å². The van der Waals surface area contributed by atoms with Gasteiger partial charge in [0.1, 0.15) is 5.75 Å². The molecular formula is C11H15NO3S. The molecule has 0 aromatic heterocycles. The summed E-state index contributed by atoms with van der Waals surface area (Å²) >= 11 is 0. The fraction of sp³-hybridized carbons (Fsp3) is 0.455. The van der Waals surface area contributed by atoms with Gasteiger partial charge in [-0.1, -0.05) is 0 Å². The van der Waals surface area contributed by atoms with Crippen LogP contribution in [0.3, 0.4) is 0 Å². The van der Waals surface area contributed by atoms with Gasteiger partial charge in [-0.15, -0.1) is 0 Å². The summed E-state index contributed by atoms with van der Waals surface area (Å²) in [6.45, 7) is 0. The predicted octanol–water partition coefficient (Wildman–Crippen LogP) is 1.72. The summed E-state index contributed by atoms with van der Waals surface area (Å²) in [7, 11) is -3.25. The molecule has 0 unspecified atom stereocenters. The fourth-order valence-electron chi connectivity index (χ4n) is 1.66. The second kappa shape index (κ2) is 3.97. The van der Waals surface area contributed by atoms with Gasteiger partial charge >= 0.3 is 0 Å². The zero-order chi connectivity index (χ0) is 11.8. The average Bonchev–Trinajstić information content (AvgIpc) is 2.92. The third-order valence-corrected chi connectivity index (χ3v) is 3.19. The molecule has 0 aliphatic heterocycles. The Hall–Kier alpha value is -1.23. The van der Waals surface area contributed by atoms with Crippen LogP contribution in [-0.2, 0) is 16.4 Å². The third-order valence-electron chi connectivity index (χ3n) is 2.59. The average molecular weight is 241 g/mol. The second-order valence-corrected chi connectivity index (χ2v) is 6.11. The van der Waals surface area contributed by atoms with E-state index in [4.69, 9.17) is 0 Å². The quantitative estimate of drug-likeness (QED) is 0.789. The lowest BCUT2D eigenvalue weighted by atomic mass is 10.1. The van der Waals surface area contributed by atoms with Crippen LogP contribution in [-0.4, -0.2) is 19.8 Å². The molecule has 1 aliphatic carbocycles. The van der Waals surface area contributed by atoms with Crippen molar-refractivity contribution in [3.8, 4) is 5.75 Å². The summed E-state index contributed by atoms with van der Waals surface area (Å²) in [5.74, 6) is 0.894. The van der Waals surface area contributed by atoms with Gasteiger partial charge < -0.3 is 5.11 Å². The van der Waals surface area contributed by atoms with Crippen molar-refractivity contribution in [2.45, 2.75) is 19.3 Å². The van der Waals surface area contributed by atoms with E-state index < -0.39 is 10.0 Å². The Bertz CT molecular complexity index is 492. The van der Waals surface area contributed by atoms with Crippen molar-refractivity contribution in [3.05, 3.63) is 23.8 Å². The van der Waals surface area contributed by atoms with Gasteiger partial charge in [0, 0.05) is 5.69 Å². The van der Waals surface area contributed by atoms with E-state index in [1.165, 1.54) is 18.9 Å². The Morgan fingerprint density at radius 3 is 2.69 bits per heavy atom. The topological polar surface area (TPSA) is 66.4 Å². The van der Waals surface area contributed by atoms with Crippen LogP contribution < -0.4 is 4.72 Å². The minimum Gasteiger partial charge on any atom is -0.508 e. The van der Waals surface area contributed by atoms with E-state index in [0.29, 0.717) is 11.6 Å². The first-order valence-corrected chi connectivity index (χ1v) is 7.13. The number of aromatic hydroxyl groups is 1. The van der Waals surface area contributed by atoms with Crippen molar-refractivity contribution in [2.75, 3.05) is 11.0 Å². The molecule has 0 saturated heterocycles. The molecule has 1 saturated carbocycles. The first kappa shape index (κ1) is 11.3. The van der Waals surface area contributed by atoms with Crippen molar-refractivity contribution in [2.24, 2.45) is 5.92 Å². The highest BCUT2D eigenvalue weighted by molar-refractivity contribution is 7.92. The van der Waals surface area contributed by atoms with Crippen LogP contribution >= 0.6 is 0 Å². The maximum Gasteiger partial charge on any atom is 0.229 e. The first-order chi connectivity index (χ1) is 7.44. The normalized spacial score (nSPS) is 16.1. The van der Waals surface area contributed by atoms with Crippen LogP contribution in [0.5, 0.6) is 5.75 Å². The molecule has 0 heterocycles. The molecule has 1 fully saturated rings. The van der Waals surface area contributed by atoms with Gasteiger partial charge in [-0.3, -0.25) is 4.72 Å². The van der Waals surface area contributed by atoms with E-state index in [2.05, 4.69) is 4.72 Å². The Balaban J connectivity index is 2.20. The molecule has 16 heavy (non-hydrogen) atoms. The molecule has 0 amide bonds. The van der Waals surface area contributed by atoms with Crippen LogP contribution in [0.4, 0.5) is 5.69 Å². The number of hydrogen-bond acceptors (Lipinski definition) is 3. The van der Waals surface area contributed by atoms with Gasteiger partial charge in [0.15, 0.2) is 0 Å². The molecule has 0 atom stereocenters. The van der Waals surface area contributed by atoms with Crippen molar-refractivity contribution < 1.29 is 13.5 Å². The molecule has 1 aromatic rings. The van der Waals surface area contributed by atoms with Gasteiger partial charge in [-0.25, -0.2) is 8.42 Å². The number of rotatable bonds is 4.